The van der Waals surface area contributed by atoms with Crippen molar-refractivity contribution in [2.75, 3.05) is 0 Å². The third-order valence-corrected chi connectivity index (χ3v) is 4.37. The zero-order chi connectivity index (χ0) is 19.0. The number of hydrogen-bond acceptors (Lipinski definition) is 5. The number of para-hydroxylation sites is 2. The molecule has 7 nitrogen and oxygen atoms in total. The summed E-state index contributed by atoms with van der Waals surface area (Å²) in [7, 11) is 0. The Hall–Kier alpha value is -4.00. The second-order valence-corrected chi connectivity index (χ2v) is 6.03. The summed E-state index contributed by atoms with van der Waals surface area (Å²) in [6, 6.07) is 19.3. The molecular weight excluding hydrogens is 344 g/mol. The van der Waals surface area contributed by atoms with Gasteiger partial charge in [-0.25, -0.2) is 4.98 Å². The average molecular weight is 360 g/mol. The minimum Gasteiger partial charge on any atom is -0.507 e. The Labute approximate surface area is 154 Å². The van der Waals surface area contributed by atoms with Gasteiger partial charge in [0.2, 0.25) is 0 Å². The van der Waals surface area contributed by atoms with Gasteiger partial charge in [-0.2, -0.15) is 4.73 Å². The maximum atomic E-state index is 10.5. The first-order valence-electron chi connectivity index (χ1n) is 8.17. The highest BCUT2D eigenvalue weighted by molar-refractivity contribution is 5.98. The smallest absolute Gasteiger partial charge is 0.180 e. The lowest BCUT2D eigenvalue weighted by Crippen LogP contribution is -2.12. The van der Waals surface area contributed by atoms with Crippen molar-refractivity contribution in [1.82, 2.24) is 9.71 Å². The Morgan fingerprint density at radius 3 is 2.52 bits per heavy atom. The highest BCUT2D eigenvalue weighted by atomic mass is 16.5. The van der Waals surface area contributed by atoms with E-state index in [-0.39, 0.29) is 17.4 Å². The van der Waals surface area contributed by atoms with Gasteiger partial charge in [0, 0.05) is 5.56 Å². The molecule has 0 radical (unpaired) electrons. The van der Waals surface area contributed by atoms with E-state index < -0.39 is 0 Å². The zero-order valence-corrected chi connectivity index (χ0v) is 14.1. The first-order valence-corrected chi connectivity index (χ1v) is 8.17. The summed E-state index contributed by atoms with van der Waals surface area (Å²) in [5.41, 5.74) is 9.37. The molecule has 4 aromatic rings. The van der Waals surface area contributed by atoms with Crippen molar-refractivity contribution in [1.29, 1.82) is 0 Å². The second kappa shape index (κ2) is 6.38. The van der Waals surface area contributed by atoms with Crippen molar-refractivity contribution >= 4 is 16.9 Å². The van der Waals surface area contributed by atoms with Crippen molar-refractivity contribution in [3.05, 3.63) is 72.3 Å². The molecule has 1 heterocycles. The van der Waals surface area contributed by atoms with Gasteiger partial charge >= 0.3 is 0 Å². The molecular formula is C20H16N4O3. The first-order chi connectivity index (χ1) is 13.1. The minimum atomic E-state index is -0.00283. The second-order valence-electron chi connectivity index (χ2n) is 6.03. The molecule has 27 heavy (non-hydrogen) atoms. The van der Waals surface area contributed by atoms with Crippen LogP contribution < -0.4 is 5.73 Å². The van der Waals surface area contributed by atoms with E-state index in [2.05, 4.69) is 10.1 Å². The largest absolute Gasteiger partial charge is 0.507 e. The molecule has 0 spiro atoms. The maximum Gasteiger partial charge on any atom is 0.180 e. The van der Waals surface area contributed by atoms with Crippen LogP contribution in [0.5, 0.6) is 5.75 Å². The number of rotatable bonds is 3. The van der Waals surface area contributed by atoms with E-state index in [4.69, 9.17) is 10.9 Å². The third-order valence-electron chi connectivity index (χ3n) is 4.37. The highest BCUT2D eigenvalue weighted by Gasteiger charge is 2.16. The van der Waals surface area contributed by atoms with Gasteiger partial charge < -0.3 is 21.3 Å². The lowest BCUT2D eigenvalue weighted by Gasteiger charge is -2.09. The maximum absolute atomic E-state index is 10.5. The fourth-order valence-corrected chi connectivity index (χ4v) is 3.00. The monoisotopic (exact) mass is 360 g/mol. The van der Waals surface area contributed by atoms with E-state index in [0.717, 1.165) is 15.9 Å². The molecule has 4 rings (SSSR count). The number of phenolic OH excluding ortho intramolecular Hbond substituents is 1. The van der Waals surface area contributed by atoms with E-state index in [1.54, 1.807) is 54.6 Å². The summed E-state index contributed by atoms with van der Waals surface area (Å²) in [6.45, 7) is 0. The molecule has 0 atom stereocenters. The number of hydrogen-bond donors (Lipinski definition) is 4. The number of nitrogens with two attached hydrogens (primary N) is 1. The van der Waals surface area contributed by atoms with E-state index in [1.807, 2.05) is 12.1 Å². The number of imidazole rings is 1. The number of amidine groups is 1. The molecule has 1 aromatic heterocycles. The topological polar surface area (TPSA) is 117 Å². The molecule has 0 aliphatic heterocycles. The van der Waals surface area contributed by atoms with Gasteiger partial charge in [0.25, 0.3) is 0 Å². The van der Waals surface area contributed by atoms with Crippen molar-refractivity contribution in [3.63, 3.8) is 0 Å². The van der Waals surface area contributed by atoms with Crippen LogP contribution >= 0.6 is 0 Å². The predicted octanol–water partition coefficient (Wildman–Crippen LogP) is 3.41. The molecule has 7 heteroatoms. The summed E-state index contributed by atoms with van der Waals surface area (Å²) in [5.74, 6) is 0.244. The normalized spacial score (nSPS) is 11.8. The quantitative estimate of drug-likeness (QED) is 0.147. The molecule has 0 aliphatic carbocycles. The van der Waals surface area contributed by atoms with E-state index in [1.165, 1.54) is 0 Å². The Morgan fingerprint density at radius 1 is 0.963 bits per heavy atom. The third kappa shape index (κ3) is 2.81. The lowest BCUT2D eigenvalue weighted by atomic mass is 10.00. The van der Waals surface area contributed by atoms with Crippen molar-refractivity contribution in [2.24, 2.45) is 10.9 Å². The highest BCUT2D eigenvalue weighted by Crippen LogP contribution is 2.34. The molecule has 134 valence electrons. The van der Waals surface area contributed by atoms with Gasteiger partial charge in [0.05, 0.1) is 11.1 Å². The Balaban J connectivity index is 1.86. The van der Waals surface area contributed by atoms with Gasteiger partial charge in [0.15, 0.2) is 11.7 Å². The standard InChI is InChI=1S/C20H16N4O3/c21-19(23-26)14-5-3-4-12(10-14)13-8-9-18(25)15(11-13)20-22-16-6-1-2-7-17(16)24(20)27/h1-11,25-27H,(H2,21,23). The summed E-state index contributed by atoms with van der Waals surface area (Å²) in [4.78, 5) is 4.42. The van der Waals surface area contributed by atoms with Crippen LogP contribution in [0, 0.1) is 0 Å². The van der Waals surface area contributed by atoms with Crippen molar-refractivity contribution in [2.45, 2.75) is 0 Å². The number of nitrogens with zero attached hydrogens (tertiary/aromatic N) is 3. The summed E-state index contributed by atoms with van der Waals surface area (Å²) in [6.07, 6.45) is 0. The molecule has 0 unspecified atom stereocenters. The van der Waals surface area contributed by atoms with Crippen LogP contribution in [0.2, 0.25) is 0 Å². The predicted molar refractivity (Wildman–Crippen MR) is 102 cm³/mol. The molecule has 0 bridgehead atoms. The van der Waals surface area contributed by atoms with Crippen molar-refractivity contribution in [3.8, 4) is 28.3 Å². The SMILES string of the molecule is N/C(=N\O)c1cccc(-c2ccc(O)c(-c3nc4ccccc4n3O)c2)c1. The van der Waals surface area contributed by atoms with Crippen molar-refractivity contribution < 1.29 is 15.5 Å². The zero-order valence-electron chi connectivity index (χ0n) is 14.1. The van der Waals surface area contributed by atoms with Gasteiger partial charge in [-0.3, -0.25) is 0 Å². The molecule has 0 aliphatic rings. The van der Waals surface area contributed by atoms with Gasteiger partial charge in [0.1, 0.15) is 11.3 Å². The fraction of sp³-hybridized carbons (Fsp3) is 0. The number of aromatic hydroxyl groups is 1. The summed E-state index contributed by atoms with van der Waals surface area (Å²) in [5, 5.41) is 32.7. The molecule has 0 saturated heterocycles. The van der Waals surface area contributed by atoms with Gasteiger partial charge in [-0.05, 0) is 41.5 Å². The Kier molecular flexibility index (Phi) is 3.89. The lowest BCUT2D eigenvalue weighted by molar-refractivity contribution is 0.203. The number of benzene rings is 3. The van der Waals surface area contributed by atoms with Gasteiger partial charge in [-0.1, -0.05) is 41.6 Å². The van der Waals surface area contributed by atoms with Crippen LogP contribution in [-0.2, 0) is 0 Å². The molecule has 0 fully saturated rings. The van der Waals surface area contributed by atoms with Crippen LogP contribution in [0.3, 0.4) is 0 Å². The van der Waals surface area contributed by atoms with E-state index in [9.17, 15) is 10.3 Å². The first kappa shape index (κ1) is 16.5. The van der Waals surface area contributed by atoms with Crippen LogP contribution in [0.1, 0.15) is 5.56 Å². The number of phenols is 1. The summed E-state index contributed by atoms with van der Waals surface area (Å²) < 4.78 is 0.959. The molecule has 5 N–H and O–H groups in total. The van der Waals surface area contributed by atoms with Crippen LogP contribution in [0.15, 0.2) is 71.9 Å². The Morgan fingerprint density at radius 2 is 1.74 bits per heavy atom. The van der Waals surface area contributed by atoms with Crippen LogP contribution in [-0.4, -0.2) is 31.1 Å². The average Bonchev–Trinajstić information content (AvgIpc) is 3.04. The molecule has 3 aromatic carbocycles. The summed E-state index contributed by atoms with van der Waals surface area (Å²) >= 11 is 0. The number of fused-ring (bicyclic) bond motifs is 1. The van der Waals surface area contributed by atoms with Gasteiger partial charge in [-0.15, -0.1) is 0 Å². The van der Waals surface area contributed by atoms with Crippen LogP contribution in [0.25, 0.3) is 33.5 Å². The molecule has 0 saturated carbocycles. The molecule has 0 amide bonds. The number of aromatic nitrogens is 2. The van der Waals surface area contributed by atoms with Crippen LogP contribution in [0.4, 0.5) is 0 Å². The Bertz CT molecular complexity index is 1180. The fourth-order valence-electron chi connectivity index (χ4n) is 3.00. The van der Waals surface area contributed by atoms with E-state index in [0.29, 0.717) is 22.2 Å². The minimum absolute atomic E-state index is 0.00283. The number of oxime groups is 1. The van der Waals surface area contributed by atoms with E-state index >= 15 is 0 Å².